The Morgan fingerprint density at radius 1 is 1.37 bits per heavy atom. The smallest absolute Gasteiger partial charge is 0.258 e. The molecule has 0 aliphatic rings. The van der Waals surface area contributed by atoms with Crippen LogP contribution < -0.4 is 10.1 Å². The van der Waals surface area contributed by atoms with Gasteiger partial charge in [0, 0.05) is 6.54 Å². The first-order valence-corrected chi connectivity index (χ1v) is 6.53. The van der Waals surface area contributed by atoms with Crippen molar-refractivity contribution < 1.29 is 14.6 Å². The summed E-state index contributed by atoms with van der Waals surface area (Å²) in [4.78, 5) is 11.6. The molecule has 106 valence electrons. The number of nitrogens with one attached hydrogen (secondary N) is 1. The lowest BCUT2D eigenvalue weighted by molar-refractivity contribution is -0.124. The van der Waals surface area contributed by atoms with Gasteiger partial charge in [-0.05, 0) is 50.5 Å². The van der Waals surface area contributed by atoms with E-state index in [9.17, 15) is 9.90 Å². The minimum atomic E-state index is -0.865. The fourth-order valence-corrected chi connectivity index (χ4v) is 1.42. The van der Waals surface area contributed by atoms with Crippen molar-refractivity contribution in [1.82, 2.24) is 5.32 Å². The second-order valence-electron chi connectivity index (χ2n) is 5.16. The number of carbonyl (C=O) groups excluding carboxylic acids is 1. The first kappa shape index (κ1) is 15.5. The molecule has 4 heteroatoms. The summed E-state index contributed by atoms with van der Waals surface area (Å²) in [5, 5.41) is 12.4. The Morgan fingerprint density at radius 3 is 2.63 bits per heavy atom. The predicted molar refractivity (Wildman–Crippen MR) is 75.3 cm³/mol. The highest BCUT2D eigenvalue weighted by Gasteiger charge is 2.18. The SMILES string of the molecule is CCC(C)(O)CNC(=O)COc1ccc(C)c(C)c1. The molecule has 4 nitrogen and oxygen atoms in total. The number of hydrogen-bond donors (Lipinski definition) is 2. The van der Waals surface area contributed by atoms with Crippen molar-refractivity contribution in [2.24, 2.45) is 0 Å². The predicted octanol–water partition coefficient (Wildman–Crippen LogP) is 1.96. The highest BCUT2D eigenvalue weighted by atomic mass is 16.5. The fraction of sp³-hybridized carbons (Fsp3) is 0.533. The molecule has 0 bridgehead atoms. The van der Waals surface area contributed by atoms with E-state index in [0.29, 0.717) is 12.2 Å². The van der Waals surface area contributed by atoms with E-state index in [2.05, 4.69) is 5.32 Å². The number of hydrogen-bond acceptors (Lipinski definition) is 3. The van der Waals surface area contributed by atoms with Gasteiger partial charge in [-0.1, -0.05) is 13.0 Å². The summed E-state index contributed by atoms with van der Waals surface area (Å²) >= 11 is 0. The maximum Gasteiger partial charge on any atom is 0.258 e. The molecule has 0 aromatic heterocycles. The third kappa shape index (κ3) is 5.30. The normalized spacial score (nSPS) is 13.7. The average Bonchev–Trinajstić information content (AvgIpc) is 2.38. The summed E-state index contributed by atoms with van der Waals surface area (Å²) in [5.41, 5.74) is 1.46. The summed E-state index contributed by atoms with van der Waals surface area (Å²) < 4.78 is 5.41. The van der Waals surface area contributed by atoms with Crippen LogP contribution in [0.2, 0.25) is 0 Å². The highest BCUT2D eigenvalue weighted by Crippen LogP contribution is 2.16. The summed E-state index contributed by atoms with van der Waals surface area (Å²) in [7, 11) is 0. The number of rotatable bonds is 6. The van der Waals surface area contributed by atoms with E-state index >= 15 is 0 Å². The van der Waals surface area contributed by atoms with Gasteiger partial charge in [0.25, 0.3) is 5.91 Å². The van der Waals surface area contributed by atoms with Gasteiger partial charge in [-0.3, -0.25) is 4.79 Å². The molecule has 0 radical (unpaired) electrons. The third-order valence-corrected chi connectivity index (χ3v) is 3.28. The molecular formula is C15H23NO3. The van der Waals surface area contributed by atoms with Gasteiger partial charge in [-0.2, -0.15) is 0 Å². The van der Waals surface area contributed by atoms with Crippen LogP contribution >= 0.6 is 0 Å². The zero-order valence-electron chi connectivity index (χ0n) is 12.1. The molecule has 2 N–H and O–H groups in total. The Morgan fingerprint density at radius 2 is 2.05 bits per heavy atom. The first-order valence-electron chi connectivity index (χ1n) is 6.53. The van der Waals surface area contributed by atoms with Crippen LogP contribution in [0.5, 0.6) is 5.75 Å². The quantitative estimate of drug-likeness (QED) is 0.826. The maximum atomic E-state index is 11.6. The monoisotopic (exact) mass is 265 g/mol. The van der Waals surface area contributed by atoms with Gasteiger partial charge >= 0.3 is 0 Å². The lowest BCUT2D eigenvalue weighted by Crippen LogP contribution is -2.41. The molecule has 0 saturated heterocycles. The molecule has 1 aromatic rings. The van der Waals surface area contributed by atoms with Gasteiger partial charge in [-0.25, -0.2) is 0 Å². The van der Waals surface area contributed by atoms with Crippen LogP contribution in [0.1, 0.15) is 31.4 Å². The van der Waals surface area contributed by atoms with Crippen LogP contribution in [0, 0.1) is 13.8 Å². The summed E-state index contributed by atoms with van der Waals surface area (Å²) in [6, 6.07) is 5.72. The van der Waals surface area contributed by atoms with E-state index in [0.717, 1.165) is 5.56 Å². The molecule has 0 aliphatic heterocycles. The van der Waals surface area contributed by atoms with Crippen molar-refractivity contribution in [2.75, 3.05) is 13.2 Å². The summed E-state index contributed by atoms with van der Waals surface area (Å²) in [6.45, 7) is 7.79. The zero-order valence-corrected chi connectivity index (χ0v) is 12.1. The van der Waals surface area contributed by atoms with Crippen molar-refractivity contribution in [3.8, 4) is 5.75 Å². The molecule has 0 aliphatic carbocycles. The number of aryl methyl sites for hydroxylation is 2. The largest absolute Gasteiger partial charge is 0.484 e. The standard InChI is InChI=1S/C15H23NO3/c1-5-15(4,18)10-16-14(17)9-19-13-7-6-11(2)12(3)8-13/h6-8,18H,5,9-10H2,1-4H3,(H,16,17). The molecule has 1 amide bonds. The highest BCUT2D eigenvalue weighted by molar-refractivity contribution is 5.77. The average molecular weight is 265 g/mol. The van der Waals surface area contributed by atoms with E-state index in [1.54, 1.807) is 6.92 Å². The summed E-state index contributed by atoms with van der Waals surface area (Å²) in [6.07, 6.45) is 0.589. The van der Waals surface area contributed by atoms with Gasteiger partial charge < -0.3 is 15.2 Å². The van der Waals surface area contributed by atoms with Crippen LogP contribution in [0.25, 0.3) is 0 Å². The van der Waals surface area contributed by atoms with Crippen LogP contribution in [0.15, 0.2) is 18.2 Å². The summed E-state index contributed by atoms with van der Waals surface area (Å²) in [5.74, 6) is 0.451. The number of benzene rings is 1. The second kappa shape index (κ2) is 6.57. The van der Waals surface area contributed by atoms with E-state index in [4.69, 9.17) is 4.74 Å². The van der Waals surface area contributed by atoms with Gasteiger partial charge in [-0.15, -0.1) is 0 Å². The van der Waals surface area contributed by atoms with Gasteiger partial charge in [0.1, 0.15) is 5.75 Å². The first-order chi connectivity index (χ1) is 8.84. The van der Waals surface area contributed by atoms with Crippen molar-refractivity contribution in [1.29, 1.82) is 0 Å². The third-order valence-electron chi connectivity index (χ3n) is 3.28. The fourth-order valence-electron chi connectivity index (χ4n) is 1.42. The second-order valence-corrected chi connectivity index (χ2v) is 5.16. The maximum absolute atomic E-state index is 11.6. The Bertz CT molecular complexity index is 441. The van der Waals surface area contributed by atoms with Crippen molar-refractivity contribution in [2.45, 2.75) is 39.7 Å². The molecule has 1 atom stereocenters. The van der Waals surface area contributed by atoms with Crippen LogP contribution in [0.3, 0.4) is 0 Å². The van der Waals surface area contributed by atoms with Crippen molar-refractivity contribution >= 4 is 5.91 Å². The van der Waals surface area contributed by atoms with Crippen molar-refractivity contribution in [3.05, 3.63) is 29.3 Å². The molecule has 1 rings (SSSR count). The number of carbonyl (C=O) groups is 1. The molecule has 1 unspecified atom stereocenters. The lowest BCUT2D eigenvalue weighted by atomic mass is 10.0. The van der Waals surface area contributed by atoms with E-state index in [1.165, 1.54) is 5.56 Å². The van der Waals surface area contributed by atoms with Crippen LogP contribution in [0.4, 0.5) is 0 Å². The number of aliphatic hydroxyl groups is 1. The number of amides is 1. The molecular weight excluding hydrogens is 242 g/mol. The van der Waals surface area contributed by atoms with E-state index in [1.807, 2.05) is 39.0 Å². The van der Waals surface area contributed by atoms with Gasteiger partial charge in [0.15, 0.2) is 6.61 Å². The Labute approximate surface area is 114 Å². The molecule has 1 aromatic carbocycles. The topological polar surface area (TPSA) is 58.6 Å². The van der Waals surface area contributed by atoms with Crippen molar-refractivity contribution in [3.63, 3.8) is 0 Å². The minimum Gasteiger partial charge on any atom is -0.484 e. The zero-order chi connectivity index (χ0) is 14.5. The molecule has 0 heterocycles. The van der Waals surface area contributed by atoms with E-state index in [-0.39, 0.29) is 19.1 Å². The molecule has 0 spiro atoms. The van der Waals surface area contributed by atoms with E-state index < -0.39 is 5.60 Å². The molecule has 19 heavy (non-hydrogen) atoms. The molecule has 0 fully saturated rings. The van der Waals surface area contributed by atoms with Gasteiger partial charge in [0.2, 0.25) is 0 Å². The van der Waals surface area contributed by atoms with Crippen LogP contribution in [-0.4, -0.2) is 29.8 Å². The minimum absolute atomic E-state index is 0.0394. The van der Waals surface area contributed by atoms with Crippen LogP contribution in [-0.2, 0) is 4.79 Å². The molecule has 0 saturated carbocycles. The number of ether oxygens (including phenoxy) is 1. The Balaban J connectivity index is 2.40. The Hall–Kier alpha value is -1.55. The Kier molecular flexibility index (Phi) is 5.36. The van der Waals surface area contributed by atoms with Gasteiger partial charge in [0.05, 0.1) is 5.60 Å². The lowest BCUT2D eigenvalue weighted by Gasteiger charge is -2.21.